The lowest BCUT2D eigenvalue weighted by molar-refractivity contribution is -0.134. The van der Waals surface area contributed by atoms with Crippen LogP contribution in [0.4, 0.5) is 10.5 Å². The van der Waals surface area contributed by atoms with Crippen LogP contribution in [0.2, 0.25) is 0 Å². The molecule has 0 radical (unpaired) electrons. The van der Waals surface area contributed by atoms with Crippen molar-refractivity contribution in [3.05, 3.63) is 29.8 Å². The molecule has 1 aromatic carbocycles. The van der Waals surface area contributed by atoms with Crippen LogP contribution in [0.5, 0.6) is 0 Å². The largest absolute Gasteiger partial charge is 0.443 e. The minimum absolute atomic E-state index is 0.0357. The Morgan fingerprint density at radius 2 is 1.92 bits per heavy atom. The number of rotatable bonds is 1. The summed E-state index contributed by atoms with van der Waals surface area (Å²) in [6.45, 7) is 9.25. The summed E-state index contributed by atoms with van der Waals surface area (Å²) >= 11 is 0. The maximum atomic E-state index is 13.2. The van der Waals surface area contributed by atoms with Gasteiger partial charge in [0.05, 0.1) is 5.69 Å². The lowest BCUT2D eigenvalue weighted by Gasteiger charge is -2.35. The highest BCUT2D eigenvalue weighted by atomic mass is 16.6. The van der Waals surface area contributed by atoms with Gasteiger partial charge >= 0.3 is 6.09 Å². The summed E-state index contributed by atoms with van der Waals surface area (Å²) in [7, 11) is 0. The van der Waals surface area contributed by atoms with Crippen LogP contribution < -0.4 is 4.90 Å². The Labute approximate surface area is 149 Å². The van der Waals surface area contributed by atoms with E-state index in [1.807, 2.05) is 49.9 Å². The molecule has 0 aromatic heterocycles. The predicted octanol–water partition coefficient (Wildman–Crippen LogP) is 3.61. The third-order valence-electron chi connectivity index (χ3n) is 4.82. The molecule has 0 aliphatic carbocycles. The number of carbonyl (C=O) groups excluding carboxylic acids is 2. The first-order valence-corrected chi connectivity index (χ1v) is 9.15. The Balaban J connectivity index is 1.87. The van der Waals surface area contributed by atoms with Gasteiger partial charge in [-0.05, 0) is 51.2 Å². The highest BCUT2D eigenvalue weighted by molar-refractivity contribution is 6.00. The van der Waals surface area contributed by atoms with Gasteiger partial charge in [0.15, 0.2) is 0 Å². The molecule has 0 saturated carbocycles. The molecule has 0 unspecified atom stereocenters. The molecule has 2 atom stereocenters. The fourth-order valence-electron chi connectivity index (χ4n) is 3.72. The number of likely N-dealkylation sites (tertiary alicyclic amines) is 1. The average Bonchev–Trinajstić information content (AvgIpc) is 2.92. The van der Waals surface area contributed by atoms with Crippen molar-refractivity contribution in [1.29, 1.82) is 0 Å². The fraction of sp³-hybridized carbons (Fsp3) is 0.600. The van der Waals surface area contributed by atoms with Gasteiger partial charge in [-0.25, -0.2) is 4.79 Å². The number of ether oxygens (including phenoxy) is 1. The molecule has 0 N–H and O–H groups in total. The van der Waals surface area contributed by atoms with Crippen molar-refractivity contribution in [2.45, 2.75) is 58.6 Å². The molecule has 25 heavy (non-hydrogen) atoms. The average molecular weight is 344 g/mol. The molecular formula is C20H28N2O3. The zero-order chi connectivity index (χ0) is 18.2. The van der Waals surface area contributed by atoms with Crippen molar-refractivity contribution >= 4 is 17.7 Å². The van der Waals surface area contributed by atoms with E-state index in [4.69, 9.17) is 4.74 Å². The van der Waals surface area contributed by atoms with Gasteiger partial charge in [0.2, 0.25) is 5.91 Å². The molecular weight excluding hydrogens is 316 g/mol. The number of nitrogens with zero attached hydrogens (tertiary/aromatic N) is 2. The molecule has 3 rings (SSSR count). The van der Waals surface area contributed by atoms with E-state index < -0.39 is 17.7 Å². The number of anilines is 1. The predicted molar refractivity (Wildman–Crippen MR) is 97.6 cm³/mol. The second-order valence-corrected chi connectivity index (χ2v) is 8.23. The maximum Gasteiger partial charge on any atom is 0.415 e. The Morgan fingerprint density at radius 3 is 2.60 bits per heavy atom. The van der Waals surface area contributed by atoms with Crippen LogP contribution >= 0.6 is 0 Å². The van der Waals surface area contributed by atoms with Crippen molar-refractivity contribution in [3.63, 3.8) is 0 Å². The summed E-state index contributed by atoms with van der Waals surface area (Å²) in [4.78, 5) is 29.5. The van der Waals surface area contributed by atoms with Gasteiger partial charge in [0.1, 0.15) is 11.6 Å². The molecule has 1 fully saturated rings. The van der Waals surface area contributed by atoms with E-state index >= 15 is 0 Å². The zero-order valence-electron chi connectivity index (χ0n) is 15.6. The highest BCUT2D eigenvalue weighted by Crippen LogP contribution is 2.34. The van der Waals surface area contributed by atoms with E-state index in [0.29, 0.717) is 12.3 Å². The standard InChI is InChI=1S/C20H28N2O3/c1-14-8-7-11-21(13-14)18(23)17-12-15-9-5-6-10-16(15)22(17)19(24)25-20(2,3)4/h5-6,9-10,14,17H,7-8,11-13H2,1-4H3/t14-,17-/m0/s1. The van der Waals surface area contributed by atoms with E-state index in [2.05, 4.69) is 6.92 Å². The monoisotopic (exact) mass is 344 g/mol. The van der Waals surface area contributed by atoms with Crippen molar-refractivity contribution in [1.82, 2.24) is 4.90 Å². The van der Waals surface area contributed by atoms with Gasteiger partial charge < -0.3 is 9.64 Å². The van der Waals surface area contributed by atoms with E-state index in [0.717, 1.165) is 37.2 Å². The molecule has 2 amide bonds. The van der Waals surface area contributed by atoms with Crippen molar-refractivity contribution < 1.29 is 14.3 Å². The summed E-state index contributed by atoms with van der Waals surface area (Å²) in [5.41, 5.74) is 1.22. The lowest BCUT2D eigenvalue weighted by atomic mass is 9.99. The minimum atomic E-state index is -0.595. The first-order chi connectivity index (χ1) is 11.8. The summed E-state index contributed by atoms with van der Waals surface area (Å²) in [5, 5.41) is 0. The van der Waals surface area contributed by atoms with Crippen molar-refractivity contribution in [2.75, 3.05) is 18.0 Å². The molecule has 2 heterocycles. The SMILES string of the molecule is C[C@H]1CCCN(C(=O)[C@@H]2Cc3ccccc3N2C(=O)OC(C)(C)C)C1. The summed E-state index contributed by atoms with van der Waals surface area (Å²) < 4.78 is 5.58. The smallest absolute Gasteiger partial charge is 0.415 e. The first kappa shape index (κ1) is 17.8. The lowest BCUT2D eigenvalue weighted by Crippen LogP contribution is -2.52. The van der Waals surface area contributed by atoms with Gasteiger partial charge in [-0.2, -0.15) is 0 Å². The van der Waals surface area contributed by atoms with Gasteiger partial charge in [-0.3, -0.25) is 9.69 Å². The van der Waals surface area contributed by atoms with Crippen LogP contribution in [0.25, 0.3) is 0 Å². The summed E-state index contributed by atoms with van der Waals surface area (Å²) in [6.07, 6.45) is 2.30. The molecule has 2 aliphatic heterocycles. The highest BCUT2D eigenvalue weighted by Gasteiger charge is 2.42. The third-order valence-corrected chi connectivity index (χ3v) is 4.82. The number of para-hydroxylation sites is 1. The zero-order valence-corrected chi connectivity index (χ0v) is 15.6. The maximum absolute atomic E-state index is 13.2. The third kappa shape index (κ3) is 3.80. The number of carbonyl (C=O) groups is 2. The number of amides is 2. The molecule has 0 bridgehead atoms. The van der Waals surface area contributed by atoms with Crippen molar-refractivity contribution in [3.8, 4) is 0 Å². The summed E-state index contributed by atoms with van der Waals surface area (Å²) in [6, 6.07) is 7.22. The van der Waals surface area contributed by atoms with Crippen LogP contribution in [-0.2, 0) is 16.0 Å². The molecule has 5 nitrogen and oxygen atoms in total. The van der Waals surface area contributed by atoms with Gasteiger partial charge in [0, 0.05) is 19.5 Å². The normalized spacial score (nSPS) is 23.4. The van der Waals surface area contributed by atoms with Crippen LogP contribution in [0.1, 0.15) is 46.1 Å². The van der Waals surface area contributed by atoms with Crippen LogP contribution in [0.15, 0.2) is 24.3 Å². The number of hydrogen-bond donors (Lipinski definition) is 0. The summed E-state index contributed by atoms with van der Waals surface area (Å²) in [5.74, 6) is 0.546. The molecule has 1 aromatic rings. The van der Waals surface area contributed by atoms with E-state index in [9.17, 15) is 9.59 Å². The minimum Gasteiger partial charge on any atom is -0.443 e. The Kier molecular flexibility index (Phi) is 4.76. The fourth-order valence-corrected chi connectivity index (χ4v) is 3.72. The van der Waals surface area contributed by atoms with Crippen molar-refractivity contribution in [2.24, 2.45) is 5.92 Å². The van der Waals surface area contributed by atoms with Crippen LogP contribution in [0.3, 0.4) is 0 Å². The molecule has 5 heteroatoms. The molecule has 1 saturated heterocycles. The van der Waals surface area contributed by atoms with Gasteiger partial charge in [-0.1, -0.05) is 25.1 Å². The molecule has 136 valence electrons. The molecule has 0 spiro atoms. The Hall–Kier alpha value is -2.04. The van der Waals surface area contributed by atoms with Gasteiger partial charge in [0.25, 0.3) is 0 Å². The van der Waals surface area contributed by atoms with E-state index in [1.54, 1.807) is 4.90 Å². The Bertz CT molecular complexity index is 665. The number of fused-ring (bicyclic) bond motifs is 1. The van der Waals surface area contributed by atoms with E-state index in [-0.39, 0.29) is 5.91 Å². The van der Waals surface area contributed by atoms with Crippen LogP contribution in [-0.4, -0.2) is 41.6 Å². The molecule has 2 aliphatic rings. The van der Waals surface area contributed by atoms with Crippen LogP contribution in [0, 0.1) is 5.92 Å². The quantitative estimate of drug-likeness (QED) is 0.782. The second kappa shape index (κ2) is 6.70. The van der Waals surface area contributed by atoms with Gasteiger partial charge in [-0.15, -0.1) is 0 Å². The Morgan fingerprint density at radius 1 is 1.20 bits per heavy atom. The number of hydrogen-bond acceptors (Lipinski definition) is 3. The van der Waals surface area contributed by atoms with E-state index in [1.165, 1.54) is 0 Å². The number of benzene rings is 1. The number of piperidine rings is 1. The second-order valence-electron chi connectivity index (χ2n) is 8.23. The topological polar surface area (TPSA) is 49.9 Å². The first-order valence-electron chi connectivity index (χ1n) is 9.15.